The molecule has 0 rings (SSSR count). The summed E-state index contributed by atoms with van der Waals surface area (Å²) in [5.74, 6) is 0. The largest absolute Gasteiger partial charge is 0.312 e. The van der Waals surface area contributed by atoms with Gasteiger partial charge in [0.15, 0.2) is 0 Å². The molecule has 0 radical (unpaired) electrons. The van der Waals surface area contributed by atoms with Gasteiger partial charge in [0.1, 0.15) is 0 Å². The van der Waals surface area contributed by atoms with Gasteiger partial charge in [0, 0.05) is 17.4 Å². The third kappa shape index (κ3) is 5.24. The van der Waals surface area contributed by atoms with Gasteiger partial charge in [-0.3, -0.25) is 0 Å². The van der Waals surface area contributed by atoms with Crippen LogP contribution in [0.5, 0.6) is 0 Å². The van der Waals surface area contributed by atoms with Gasteiger partial charge in [0.05, 0.1) is 0 Å². The number of hydrogen-bond acceptors (Lipinski definition) is 1. The topological polar surface area (TPSA) is 12.0 Å². The Kier molecular flexibility index (Phi) is 6.44. The second-order valence-electron chi connectivity index (χ2n) is 2.90. The van der Waals surface area contributed by atoms with Crippen LogP contribution >= 0.6 is 15.9 Å². The van der Waals surface area contributed by atoms with Gasteiger partial charge in [-0.15, -0.1) is 0 Å². The number of halogens is 1. The minimum Gasteiger partial charge on any atom is -0.312 e. The minimum absolute atomic E-state index is 0.615. The molecule has 1 unspecified atom stereocenters. The maximum Gasteiger partial charge on any atom is 0.00747 e. The lowest BCUT2D eigenvalue weighted by Crippen LogP contribution is -2.34. The molecule has 0 aromatic heterocycles. The van der Waals surface area contributed by atoms with Crippen LogP contribution in [0.3, 0.4) is 0 Å². The number of hydrogen-bond donors (Lipinski definition) is 1. The average molecular weight is 208 g/mol. The molecule has 0 spiro atoms. The Morgan fingerprint density at radius 3 is 2.30 bits per heavy atom. The van der Waals surface area contributed by atoms with E-state index in [9.17, 15) is 0 Å². The standard InChI is InChI=1S/C8H18BrN/c1-4-8(5-6-9)10-7(2)3/h7-8,10H,4-6H2,1-3H3. The molecule has 0 aliphatic rings. The molecule has 2 heteroatoms. The zero-order chi connectivity index (χ0) is 7.98. The predicted molar refractivity (Wildman–Crippen MR) is 50.8 cm³/mol. The Hall–Kier alpha value is 0.440. The Morgan fingerprint density at radius 2 is 2.00 bits per heavy atom. The van der Waals surface area contributed by atoms with Crippen LogP contribution in [-0.2, 0) is 0 Å². The first-order valence-corrected chi connectivity index (χ1v) is 5.14. The molecule has 0 aromatic rings. The highest BCUT2D eigenvalue weighted by Gasteiger charge is 2.04. The fraction of sp³-hybridized carbons (Fsp3) is 1.00. The van der Waals surface area contributed by atoms with Crippen LogP contribution in [0.1, 0.15) is 33.6 Å². The third-order valence-corrected chi connectivity index (χ3v) is 1.98. The van der Waals surface area contributed by atoms with E-state index in [1.807, 2.05) is 0 Å². The van der Waals surface area contributed by atoms with E-state index in [-0.39, 0.29) is 0 Å². The lowest BCUT2D eigenvalue weighted by molar-refractivity contribution is 0.444. The Labute approximate surface area is 72.7 Å². The summed E-state index contributed by atoms with van der Waals surface area (Å²) < 4.78 is 0. The highest BCUT2D eigenvalue weighted by atomic mass is 79.9. The molecule has 0 heterocycles. The molecule has 1 N–H and O–H groups in total. The summed E-state index contributed by atoms with van der Waals surface area (Å²) in [6.07, 6.45) is 2.46. The average Bonchev–Trinajstić information content (AvgIpc) is 1.86. The molecular weight excluding hydrogens is 190 g/mol. The van der Waals surface area contributed by atoms with E-state index in [2.05, 4.69) is 42.0 Å². The maximum atomic E-state index is 3.50. The minimum atomic E-state index is 0.615. The van der Waals surface area contributed by atoms with E-state index in [1.165, 1.54) is 12.8 Å². The van der Waals surface area contributed by atoms with Crippen LogP contribution in [0.25, 0.3) is 0 Å². The molecule has 1 atom stereocenters. The second kappa shape index (κ2) is 6.17. The molecule has 0 aliphatic carbocycles. The normalized spacial score (nSPS) is 14.1. The lowest BCUT2D eigenvalue weighted by atomic mass is 10.1. The van der Waals surface area contributed by atoms with Gasteiger partial charge in [-0.1, -0.05) is 36.7 Å². The van der Waals surface area contributed by atoms with Gasteiger partial charge >= 0.3 is 0 Å². The molecule has 0 saturated carbocycles. The first-order valence-electron chi connectivity index (χ1n) is 4.02. The van der Waals surface area contributed by atoms with Crippen LogP contribution < -0.4 is 5.32 Å². The van der Waals surface area contributed by atoms with Crippen LogP contribution in [0, 0.1) is 0 Å². The van der Waals surface area contributed by atoms with Crippen LogP contribution in [0.2, 0.25) is 0 Å². The van der Waals surface area contributed by atoms with Crippen LogP contribution in [0.4, 0.5) is 0 Å². The van der Waals surface area contributed by atoms with E-state index in [0.717, 1.165) is 5.33 Å². The van der Waals surface area contributed by atoms with Crippen molar-refractivity contribution in [2.45, 2.75) is 45.7 Å². The van der Waals surface area contributed by atoms with Gasteiger partial charge < -0.3 is 5.32 Å². The molecule has 1 nitrogen and oxygen atoms in total. The van der Waals surface area contributed by atoms with E-state index in [0.29, 0.717) is 12.1 Å². The van der Waals surface area contributed by atoms with E-state index in [1.54, 1.807) is 0 Å². The summed E-state index contributed by atoms with van der Waals surface area (Å²) in [5.41, 5.74) is 0. The number of rotatable bonds is 5. The van der Waals surface area contributed by atoms with Crippen LogP contribution in [0.15, 0.2) is 0 Å². The predicted octanol–water partition coefficient (Wildman–Crippen LogP) is 2.55. The summed E-state index contributed by atoms with van der Waals surface area (Å²) >= 11 is 3.44. The van der Waals surface area contributed by atoms with Crippen molar-refractivity contribution in [3.63, 3.8) is 0 Å². The summed E-state index contributed by atoms with van der Waals surface area (Å²) in [5, 5.41) is 4.60. The molecule has 0 amide bonds. The SMILES string of the molecule is CCC(CCBr)NC(C)C. The zero-order valence-electron chi connectivity index (χ0n) is 7.15. The van der Waals surface area contributed by atoms with Gasteiger partial charge in [-0.25, -0.2) is 0 Å². The van der Waals surface area contributed by atoms with Crippen molar-refractivity contribution in [2.24, 2.45) is 0 Å². The van der Waals surface area contributed by atoms with Crippen molar-refractivity contribution in [3.8, 4) is 0 Å². The summed E-state index contributed by atoms with van der Waals surface area (Å²) in [4.78, 5) is 0. The first kappa shape index (κ1) is 10.4. The van der Waals surface area contributed by atoms with Crippen molar-refractivity contribution in [1.82, 2.24) is 5.32 Å². The highest BCUT2D eigenvalue weighted by Crippen LogP contribution is 2.01. The maximum absolute atomic E-state index is 3.50. The quantitative estimate of drug-likeness (QED) is 0.684. The van der Waals surface area contributed by atoms with Gasteiger partial charge in [0.25, 0.3) is 0 Å². The lowest BCUT2D eigenvalue weighted by Gasteiger charge is -2.18. The highest BCUT2D eigenvalue weighted by molar-refractivity contribution is 9.09. The first-order chi connectivity index (χ1) is 4.70. The molecule has 0 saturated heterocycles. The monoisotopic (exact) mass is 207 g/mol. The number of alkyl halides is 1. The Morgan fingerprint density at radius 1 is 1.40 bits per heavy atom. The Balaban J connectivity index is 3.39. The number of nitrogens with one attached hydrogen (secondary N) is 1. The van der Waals surface area contributed by atoms with Crippen molar-refractivity contribution in [3.05, 3.63) is 0 Å². The van der Waals surface area contributed by atoms with Crippen molar-refractivity contribution in [1.29, 1.82) is 0 Å². The zero-order valence-corrected chi connectivity index (χ0v) is 8.74. The fourth-order valence-electron chi connectivity index (χ4n) is 1.01. The summed E-state index contributed by atoms with van der Waals surface area (Å²) in [7, 11) is 0. The molecule has 0 fully saturated rings. The molecular formula is C8H18BrN. The van der Waals surface area contributed by atoms with E-state index in [4.69, 9.17) is 0 Å². The van der Waals surface area contributed by atoms with Gasteiger partial charge in [-0.2, -0.15) is 0 Å². The second-order valence-corrected chi connectivity index (χ2v) is 3.70. The third-order valence-electron chi connectivity index (χ3n) is 1.52. The van der Waals surface area contributed by atoms with E-state index < -0.39 is 0 Å². The van der Waals surface area contributed by atoms with E-state index >= 15 is 0 Å². The van der Waals surface area contributed by atoms with Crippen molar-refractivity contribution >= 4 is 15.9 Å². The van der Waals surface area contributed by atoms with Gasteiger partial charge in [0.2, 0.25) is 0 Å². The molecule has 0 aromatic carbocycles. The molecule has 0 bridgehead atoms. The molecule has 62 valence electrons. The fourth-order valence-corrected chi connectivity index (χ4v) is 1.56. The van der Waals surface area contributed by atoms with Crippen molar-refractivity contribution < 1.29 is 0 Å². The molecule has 10 heavy (non-hydrogen) atoms. The smallest absolute Gasteiger partial charge is 0.00747 e. The summed E-state index contributed by atoms with van der Waals surface area (Å²) in [6.45, 7) is 6.61. The molecule has 0 aliphatic heterocycles. The van der Waals surface area contributed by atoms with Gasteiger partial charge in [-0.05, 0) is 12.8 Å². The van der Waals surface area contributed by atoms with Crippen LogP contribution in [-0.4, -0.2) is 17.4 Å². The Bertz CT molecular complexity index is 73.7. The van der Waals surface area contributed by atoms with Crippen molar-refractivity contribution in [2.75, 3.05) is 5.33 Å². The summed E-state index contributed by atoms with van der Waals surface area (Å²) in [6, 6.07) is 1.31.